The van der Waals surface area contributed by atoms with Gasteiger partial charge in [-0.25, -0.2) is 4.39 Å². The lowest BCUT2D eigenvalue weighted by Gasteiger charge is -2.20. The van der Waals surface area contributed by atoms with Crippen molar-refractivity contribution in [2.24, 2.45) is 10.8 Å². The van der Waals surface area contributed by atoms with Gasteiger partial charge in [-0.15, -0.1) is 0 Å². The minimum absolute atomic E-state index is 0.0476. The number of hydrazone groups is 1. The van der Waals surface area contributed by atoms with Crippen molar-refractivity contribution in [3.05, 3.63) is 64.5 Å². The van der Waals surface area contributed by atoms with E-state index in [9.17, 15) is 24.1 Å². The monoisotopic (exact) mass is 371 g/mol. The third-order valence-corrected chi connectivity index (χ3v) is 3.93. The SMILES string of the molecule is NC(=O)C1CC(C(=O)Nc2cc([N+](=O)[O-])ccc2F)=NN1c1ccccc1. The standard InChI is InChI=1S/C17H14FN5O4/c18-12-7-6-11(23(26)27)8-13(12)20-17(25)14-9-15(16(19)24)22(21-14)10-4-2-1-3-5-10/h1-8,15H,9H2,(H2,19,24)(H,20,25). The number of amides is 2. The summed E-state index contributed by atoms with van der Waals surface area (Å²) in [5.41, 5.74) is 5.18. The summed E-state index contributed by atoms with van der Waals surface area (Å²) in [5, 5.41) is 18.5. The van der Waals surface area contributed by atoms with E-state index in [2.05, 4.69) is 10.4 Å². The van der Waals surface area contributed by atoms with Crippen molar-refractivity contribution in [2.75, 3.05) is 10.3 Å². The summed E-state index contributed by atoms with van der Waals surface area (Å²) >= 11 is 0. The fraction of sp³-hybridized carbons (Fsp3) is 0.118. The number of non-ortho nitro benzene ring substituents is 1. The van der Waals surface area contributed by atoms with E-state index in [0.717, 1.165) is 18.2 Å². The predicted octanol–water partition coefficient (Wildman–Crippen LogP) is 1.79. The minimum Gasteiger partial charge on any atom is -0.368 e. The summed E-state index contributed by atoms with van der Waals surface area (Å²) < 4.78 is 13.9. The molecule has 1 atom stereocenters. The zero-order valence-electron chi connectivity index (χ0n) is 13.8. The van der Waals surface area contributed by atoms with Gasteiger partial charge in [-0.3, -0.25) is 24.7 Å². The molecular formula is C17H14FN5O4. The van der Waals surface area contributed by atoms with Gasteiger partial charge < -0.3 is 11.1 Å². The summed E-state index contributed by atoms with van der Waals surface area (Å²) in [4.78, 5) is 34.3. The molecule has 2 aromatic carbocycles. The Labute approximate surface area is 152 Å². The molecule has 1 aliphatic heterocycles. The molecular weight excluding hydrogens is 357 g/mol. The Kier molecular flexibility index (Phi) is 4.79. The number of nitro groups is 1. The van der Waals surface area contributed by atoms with Crippen molar-refractivity contribution in [3.8, 4) is 0 Å². The summed E-state index contributed by atoms with van der Waals surface area (Å²) in [6.45, 7) is 0. The molecule has 1 aliphatic rings. The highest BCUT2D eigenvalue weighted by atomic mass is 19.1. The van der Waals surface area contributed by atoms with Crippen molar-refractivity contribution < 1.29 is 18.9 Å². The number of nitro benzene ring substituents is 1. The second-order valence-corrected chi connectivity index (χ2v) is 5.72. The maximum Gasteiger partial charge on any atom is 0.272 e. The summed E-state index contributed by atoms with van der Waals surface area (Å²) in [6, 6.07) is 10.5. The predicted molar refractivity (Wildman–Crippen MR) is 95.6 cm³/mol. The van der Waals surface area contributed by atoms with Crippen LogP contribution in [0.5, 0.6) is 0 Å². The van der Waals surface area contributed by atoms with Crippen LogP contribution in [0.25, 0.3) is 0 Å². The van der Waals surface area contributed by atoms with Crippen LogP contribution in [0, 0.1) is 15.9 Å². The number of benzene rings is 2. The first-order chi connectivity index (χ1) is 12.9. The minimum atomic E-state index is -0.872. The van der Waals surface area contributed by atoms with Gasteiger partial charge in [0.15, 0.2) is 0 Å². The Hall–Kier alpha value is -3.82. The first-order valence-electron chi connectivity index (χ1n) is 7.83. The van der Waals surface area contributed by atoms with Crippen LogP contribution in [0.1, 0.15) is 6.42 Å². The van der Waals surface area contributed by atoms with Gasteiger partial charge in [0.05, 0.1) is 16.3 Å². The van der Waals surface area contributed by atoms with Crippen molar-refractivity contribution in [3.63, 3.8) is 0 Å². The third kappa shape index (κ3) is 3.73. The number of hydrogen-bond donors (Lipinski definition) is 2. The molecule has 0 fully saturated rings. The fourth-order valence-corrected chi connectivity index (χ4v) is 2.60. The number of halogens is 1. The van der Waals surface area contributed by atoms with Crippen LogP contribution < -0.4 is 16.1 Å². The lowest BCUT2D eigenvalue weighted by atomic mass is 10.1. The highest BCUT2D eigenvalue weighted by Crippen LogP contribution is 2.26. The number of carbonyl (C=O) groups is 2. The number of para-hydroxylation sites is 1. The molecule has 0 saturated heterocycles. The Bertz CT molecular complexity index is 948. The zero-order chi connectivity index (χ0) is 19.6. The molecule has 10 heteroatoms. The molecule has 9 nitrogen and oxygen atoms in total. The van der Waals surface area contributed by atoms with E-state index in [4.69, 9.17) is 5.73 Å². The number of carbonyl (C=O) groups excluding carboxylic acids is 2. The van der Waals surface area contributed by atoms with Crippen LogP contribution in [-0.4, -0.2) is 28.5 Å². The molecule has 0 saturated carbocycles. The zero-order valence-corrected chi connectivity index (χ0v) is 13.8. The van der Waals surface area contributed by atoms with E-state index in [0.29, 0.717) is 5.69 Å². The average molecular weight is 371 g/mol. The molecule has 27 heavy (non-hydrogen) atoms. The fourth-order valence-electron chi connectivity index (χ4n) is 2.60. The lowest BCUT2D eigenvalue weighted by molar-refractivity contribution is -0.384. The topological polar surface area (TPSA) is 131 Å². The number of rotatable bonds is 5. The second-order valence-electron chi connectivity index (χ2n) is 5.72. The number of nitrogens with zero attached hydrogens (tertiary/aromatic N) is 3. The van der Waals surface area contributed by atoms with E-state index in [1.165, 1.54) is 5.01 Å². The molecule has 2 amide bonds. The van der Waals surface area contributed by atoms with Crippen LogP contribution in [0.2, 0.25) is 0 Å². The Morgan fingerprint density at radius 3 is 2.59 bits per heavy atom. The molecule has 1 unspecified atom stereocenters. The normalized spacial score (nSPS) is 16.0. The molecule has 2 aromatic rings. The lowest BCUT2D eigenvalue weighted by Crippen LogP contribution is -2.39. The average Bonchev–Trinajstić information content (AvgIpc) is 3.10. The molecule has 0 radical (unpaired) electrons. The number of nitrogens with one attached hydrogen (secondary N) is 1. The number of nitrogens with two attached hydrogens (primary N) is 1. The third-order valence-electron chi connectivity index (χ3n) is 3.93. The molecule has 1 heterocycles. The van der Waals surface area contributed by atoms with Crippen molar-refractivity contribution in [2.45, 2.75) is 12.5 Å². The van der Waals surface area contributed by atoms with E-state index in [-0.39, 0.29) is 23.5 Å². The first-order valence-corrected chi connectivity index (χ1v) is 7.83. The first kappa shape index (κ1) is 18.0. The second kappa shape index (κ2) is 7.20. The molecule has 0 aliphatic carbocycles. The molecule has 3 rings (SSSR count). The van der Waals surface area contributed by atoms with Gasteiger partial charge in [-0.1, -0.05) is 18.2 Å². The Morgan fingerprint density at radius 1 is 1.26 bits per heavy atom. The van der Waals surface area contributed by atoms with Crippen LogP contribution in [-0.2, 0) is 9.59 Å². The van der Waals surface area contributed by atoms with Crippen molar-refractivity contribution in [1.29, 1.82) is 0 Å². The summed E-state index contributed by atoms with van der Waals surface area (Å²) in [7, 11) is 0. The van der Waals surface area contributed by atoms with E-state index in [1.807, 2.05) is 0 Å². The number of hydrogen-bond acceptors (Lipinski definition) is 6. The number of primary amides is 1. The van der Waals surface area contributed by atoms with E-state index in [1.54, 1.807) is 30.3 Å². The van der Waals surface area contributed by atoms with Crippen LogP contribution >= 0.6 is 0 Å². The van der Waals surface area contributed by atoms with Crippen LogP contribution in [0.15, 0.2) is 53.6 Å². The smallest absolute Gasteiger partial charge is 0.272 e. The van der Waals surface area contributed by atoms with Gasteiger partial charge in [0, 0.05) is 18.6 Å². The highest BCUT2D eigenvalue weighted by Gasteiger charge is 2.35. The molecule has 3 N–H and O–H groups in total. The Morgan fingerprint density at radius 2 is 1.96 bits per heavy atom. The van der Waals surface area contributed by atoms with Gasteiger partial charge in [0.2, 0.25) is 5.91 Å². The van der Waals surface area contributed by atoms with E-state index >= 15 is 0 Å². The maximum atomic E-state index is 13.9. The molecule has 0 spiro atoms. The van der Waals surface area contributed by atoms with Crippen molar-refractivity contribution >= 4 is 34.6 Å². The molecule has 0 bridgehead atoms. The quantitative estimate of drug-likeness (QED) is 0.611. The Balaban J connectivity index is 1.86. The van der Waals surface area contributed by atoms with Gasteiger partial charge in [0.25, 0.3) is 11.6 Å². The van der Waals surface area contributed by atoms with Gasteiger partial charge in [-0.05, 0) is 18.2 Å². The largest absolute Gasteiger partial charge is 0.368 e. The van der Waals surface area contributed by atoms with Crippen LogP contribution in [0.4, 0.5) is 21.5 Å². The highest BCUT2D eigenvalue weighted by molar-refractivity contribution is 6.44. The summed E-state index contributed by atoms with van der Waals surface area (Å²) in [5.74, 6) is -2.29. The van der Waals surface area contributed by atoms with Gasteiger partial charge in [-0.2, -0.15) is 5.10 Å². The van der Waals surface area contributed by atoms with E-state index < -0.39 is 28.6 Å². The van der Waals surface area contributed by atoms with Crippen LogP contribution in [0.3, 0.4) is 0 Å². The van der Waals surface area contributed by atoms with Gasteiger partial charge >= 0.3 is 0 Å². The molecule has 138 valence electrons. The van der Waals surface area contributed by atoms with Gasteiger partial charge in [0.1, 0.15) is 17.6 Å². The number of anilines is 2. The van der Waals surface area contributed by atoms with Crippen molar-refractivity contribution in [1.82, 2.24) is 0 Å². The summed E-state index contributed by atoms with van der Waals surface area (Å²) in [6.07, 6.45) is -0.0768. The maximum absolute atomic E-state index is 13.9. The molecule has 0 aromatic heterocycles.